The molecular weight excluding hydrogens is 540 g/mol. The number of allylic oxidation sites excluding steroid dienone is 4. The average Bonchev–Trinajstić information content (AvgIpc) is 3.14. The average molecular weight is 552 g/mol. The summed E-state index contributed by atoms with van der Waals surface area (Å²) in [6.07, 6.45) is 8.50. The number of halogens is 12. The maximum absolute atomic E-state index is 10.7. The van der Waals surface area contributed by atoms with Gasteiger partial charge in [0.25, 0.3) is 20.4 Å². The van der Waals surface area contributed by atoms with E-state index in [1.54, 1.807) is 0 Å². The van der Waals surface area contributed by atoms with Crippen molar-refractivity contribution < 1.29 is 92.8 Å². The first kappa shape index (κ1) is 48.3. The summed E-state index contributed by atoms with van der Waals surface area (Å²) in [6, 6.07) is 0. The van der Waals surface area contributed by atoms with Crippen molar-refractivity contribution >= 4 is 48.1 Å². The van der Waals surface area contributed by atoms with E-state index in [-0.39, 0.29) is 23.0 Å². The van der Waals surface area contributed by atoms with Gasteiger partial charge in [-0.3, -0.25) is 19.2 Å². The third kappa shape index (κ3) is 165. The molecule has 191 valence electrons. The van der Waals surface area contributed by atoms with Gasteiger partial charge in [0.2, 0.25) is 0 Å². The van der Waals surface area contributed by atoms with E-state index in [9.17, 15) is 56.6 Å². The van der Waals surface area contributed by atoms with Crippen LogP contribution in [0, 0.1) is 0 Å². The zero-order chi connectivity index (χ0) is 27.6. The maximum Gasteiger partial charge on any atom is 3.00 e. The summed E-state index contributed by atoms with van der Waals surface area (Å²) in [4.78, 5) is 33.2. The topological polar surface area (TPSA) is 77.5 Å². The Morgan fingerprint density at radius 3 is 1.24 bits per heavy atom. The van der Waals surface area contributed by atoms with Crippen molar-refractivity contribution in [2.45, 2.75) is 19.3 Å². The Morgan fingerprint density at radius 2 is 1.06 bits per heavy atom. The normalized spacial score (nSPS) is 10.8. The summed E-state index contributed by atoms with van der Waals surface area (Å²) in [5.41, 5.74) is 1.32. The van der Waals surface area contributed by atoms with Crippen LogP contribution in [-0.4, -0.2) is 55.2 Å². The number of hydrogen-bond acceptors (Lipinski definition) is 5. The van der Waals surface area contributed by atoms with E-state index in [0.29, 0.717) is 6.42 Å². The van der Waals surface area contributed by atoms with E-state index in [0.717, 1.165) is 12.8 Å². The molecule has 0 aromatic carbocycles. The summed E-state index contributed by atoms with van der Waals surface area (Å²) < 4.78 is 122. The fraction of sp³-hybridized carbons (Fsp3) is 0.333. The van der Waals surface area contributed by atoms with Crippen molar-refractivity contribution in [2.75, 3.05) is 7.11 Å². The van der Waals surface area contributed by atoms with Crippen LogP contribution in [0.1, 0.15) is 19.3 Å². The van der Waals surface area contributed by atoms with Crippen LogP contribution in [0.25, 0.3) is 0 Å². The van der Waals surface area contributed by atoms with Crippen molar-refractivity contribution in [2.24, 2.45) is 0 Å². The standard InChI is InChI=1S/C9H12O2.3CO.3BF4.Fe/c1-11-9(10)7-6-8-4-2-3-5-8;3*1-2;3*2-1(3,4)5;/h2-4H,5-7H2,1H3;;;;;;;/q;;;;3*-1;+3. The van der Waals surface area contributed by atoms with Crippen LogP contribution in [0.3, 0.4) is 0 Å². The van der Waals surface area contributed by atoms with Crippen LogP contribution in [0.15, 0.2) is 23.8 Å². The molecule has 0 saturated carbocycles. The summed E-state index contributed by atoms with van der Waals surface area (Å²) in [6.45, 7) is 13.5. The maximum atomic E-state index is 10.7. The van der Waals surface area contributed by atoms with Gasteiger partial charge in [0.15, 0.2) is 0 Å². The molecule has 7 radical (unpaired) electrons. The number of methoxy groups -OCH3 is 1. The summed E-state index contributed by atoms with van der Waals surface area (Å²) in [5, 5.41) is 0. The van der Waals surface area contributed by atoms with Gasteiger partial charge in [0.05, 0.1) is 7.11 Å². The number of hydrogen-bond donors (Lipinski definition) is 0. The quantitative estimate of drug-likeness (QED) is 0.292. The summed E-state index contributed by atoms with van der Waals surface area (Å²) in [7, 11) is -16.6. The van der Waals surface area contributed by atoms with Gasteiger partial charge in [-0.2, -0.15) is 0 Å². The van der Waals surface area contributed by atoms with E-state index in [1.807, 2.05) is 6.08 Å². The van der Waals surface area contributed by atoms with Crippen molar-refractivity contribution in [1.82, 2.24) is 0 Å². The predicted molar refractivity (Wildman–Crippen MR) is 90.7 cm³/mol. The van der Waals surface area contributed by atoms with Crippen molar-refractivity contribution in [3.63, 3.8) is 0 Å². The van der Waals surface area contributed by atoms with Gasteiger partial charge >= 0.3 is 44.8 Å². The van der Waals surface area contributed by atoms with Crippen LogP contribution in [0.5, 0.6) is 0 Å². The first-order chi connectivity index (χ1) is 14.3. The fourth-order valence-electron chi connectivity index (χ4n) is 1.04. The van der Waals surface area contributed by atoms with Gasteiger partial charge in [0.1, 0.15) is 0 Å². The molecule has 0 saturated heterocycles. The molecular formula is C12H12B3F12FeO5. The van der Waals surface area contributed by atoms with Gasteiger partial charge in [-0.1, -0.05) is 23.8 Å². The minimum absolute atomic E-state index is 0. The molecule has 0 N–H and O–H groups in total. The Balaban J connectivity index is -0.0000000533. The second-order valence-corrected chi connectivity index (χ2v) is 4.02. The van der Waals surface area contributed by atoms with Crippen LogP contribution in [-0.2, 0) is 41.0 Å². The summed E-state index contributed by atoms with van der Waals surface area (Å²) in [5.74, 6) is -0.127. The van der Waals surface area contributed by atoms with Gasteiger partial charge in [0, 0.05) is 6.42 Å². The molecule has 1 aliphatic carbocycles. The number of esters is 1. The third-order valence-electron chi connectivity index (χ3n) is 1.73. The minimum Gasteiger partial charge on any atom is -0.469 e. The molecule has 0 aromatic rings. The molecule has 21 heteroatoms. The van der Waals surface area contributed by atoms with Crippen molar-refractivity contribution in [1.29, 1.82) is 0 Å². The Hall–Kier alpha value is -2.17. The zero-order valence-corrected chi connectivity index (χ0v) is 17.1. The Morgan fingerprint density at radius 1 is 0.788 bits per heavy atom. The smallest absolute Gasteiger partial charge is 0.469 e. The first-order valence-electron chi connectivity index (χ1n) is 6.97. The molecule has 0 atom stereocenters. The SMILES string of the molecule is COC(=O)CCC1=CC=CC1.F[B-](F)(F)F.F[B-](F)(F)F.F[B-](F)(F)F.[C]=O.[C]=O.[C]=O.[Fe+3]. The first-order valence-corrected chi connectivity index (χ1v) is 6.97. The molecule has 5 nitrogen and oxygen atoms in total. The van der Waals surface area contributed by atoms with Crippen LogP contribution in [0.4, 0.5) is 51.8 Å². The zero-order valence-electron chi connectivity index (χ0n) is 16.0. The van der Waals surface area contributed by atoms with Gasteiger partial charge in [-0.15, -0.1) is 0 Å². The van der Waals surface area contributed by atoms with Gasteiger partial charge in [-0.05, 0) is 12.8 Å². The van der Waals surface area contributed by atoms with E-state index >= 15 is 0 Å². The molecule has 1 aliphatic rings. The van der Waals surface area contributed by atoms with Crippen LogP contribution < -0.4 is 0 Å². The van der Waals surface area contributed by atoms with Crippen LogP contribution in [0.2, 0.25) is 0 Å². The second kappa shape index (κ2) is 29.8. The van der Waals surface area contributed by atoms with E-state index in [2.05, 4.69) is 37.3 Å². The van der Waals surface area contributed by atoms with Gasteiger partial charge < -0.3 is 56.5 Å². The van der Waals surface area contributed by atoms with Crippen molar-refractivity contribution in [3.05, 3.63) is 23.8 Å². The Labute approximate surface area is 191 Å². The molecule has 33 heavy (non-hydrogen) atoms. The fourth-order valence-corrected chi connectivity index (χ4v) is 1.04. The summed E-state index contributed by atoms with van der Waals surface area (Å²) >= 11 is 0. The Bertz CT molecular complexity index is 451. The molecule has 0 bridgehead atoms. The molecule has 0 unspecified atom stereocenters. The third-order valence-corrected chi connectivity index (χ3v) is 1.73. The molecule has 0 aliphatic heterocycles. The number of rotatable bonds is 3. The predicted octanol–water partition coefficient (Wildman–Crippen LogP) is 4.53. The number of carbonyl (C=O) groups is 1. The molecule has 1 rings (SSSR count). The van der Waals surface area contributed by atoms with E-state index in [4.69, 9.17) is 14.4 Å². The molecule has 0 aromatic heterocycles. The van der Waals surface area contributed by atoms with Crippen LogP contribution >= 0.6 is 0 Å². The molecule has 0 amide bonds. The monoisotopic (exact) mass is 553 g/mol. The molecule has 0 spiro atoms. The molecule has 0 fully saturated rings. The van der Waals surface area contributed by atoms with E-state index < -0.39 is 21.8 Å². The second-order valence-electron chi connectivity index (χ2n) is 4.02. The van der Waals surface area contributed by atoms with E-state index in [1.165, 1.54) is 12.7 Å². The number of ether oxygens (including phenoxy) is 1. The largest absolute Gasteiger partial charge is 3.00 e. The van der Waals surface area contributed by atoms with Gasteiger partial charge in [-0.25, -0.2) is 0 Å². The Kier molecular flexibility index (Phi) is 43.7. The number of carbonyl (C=O) groups excluding carboxylic acids is 4. The molecule has 0 heterocycles. The van der Waals surface area contributed by atoms with Crippen molar-refractivity contribution in [3.8, 4) is 0 Å². The minimum atomic E-state index is -6.00.